The molecular formula is C11H10N2OS. The lowest BCUT2D eigenvalue weighted by atomic mass is 10.2. The second kappa shape index (κ2) is 4.79. The Morgan fingerprint density at radius 2 is 2.07 bits per heavy atom. The summed E-state index contributed by atoms with van der Waals surface area (Å²) >= 11 is 1.65. The van der Waals surface area contributed by atoms with Gasteiger partial charge in [0, 0.05) is 23.0 Å². The molecule has 76 valence electrons. The summed E-state index contributed by atoms with van der Waals surface area (Å²) in [6.45, 7) is 0. The van der Waals surface area contributed by atoms with Gasteiger partial charge in [-0.15, -0.1) is 11.8 Å². The molecule has 0 aliphatic heterocycles. The van der Waals surface area contributed by atoms with E-state index in [4.69, 9.17) is 0 Å². The third-order valence-electron chi connectivity index (χ3n) is 1.90. The molecule has 2 rings (SSSR count). The van der Waals surface area contributed by atoms with E-state index in [0.29, 0.717) is 0 Å². The van der Waals surface area contributed by atoms with E-state index >= 15 is 0 Å². The van der Waals surface area contributed by atoms with Crippen molar-refractivity contribution < 1.29 is 0 Å². The molecule has 0 aliphatic rings. The first-order valence-corrected chi connectivity index (χ1v) is 5.54. The van der Waals surface area contributed by atoms with Gasteiger partial charge in [-0.1, -0.05) is 30.3 Å². The van der Waals surface area contributed by atoms with E-state index in [1.54, 1.807) is 24.2 Å². The van der Waals surface area contributed by atoms with Crippen LogP contribution in [0, 0.1) is 0 Å². The van der Waals surface area contributed by atoms with Gasteiger partial charge in [-0.25, -0.2) is 9.78 Å². The molecular weight excluding hydrogens is 208 g/mol. The standard InChI is InChI=1S/C11H10N2OS/c14-11-12-6-10(7-13-11)15-8-9-4-2-1-3-5-9/h1-7H,8H2,(H,12,13,14). The minimum Gasteiger partial charge on any atom is -0.312 e. The van der Waals surface area contributed by atoms with Crippen molar-refractivity contribution in [1.29, 1.82) is 0 Å². The van der Waals surface area contributed by atoms with Crippen molar-refractivity contribution in [2.75, 3.05) is 0 Å². The molecule has 0 radical (unpaired) electrons. The fourth-order valence-electron chi connectivity index (χ4n) is 1.15. The zero-order chi connectivity index (χ0) is 10.5. The highest BCUT2D eigenvalue weighted by atomic mass is 32.2. The van der Waals surface area contributed by atoms with Crippen molar-refractivity contribution in [3.05, 3.63) is 58.8 Å². The first kappa shape index (κ1) is 9.98. The van der Waals surface area contributed by atoms with E-state index in [1.165, 1.54) is 5.56 Å². The van der Waals surface area contributed by atoms with Crippen molar-refractivity contribution in [2.24, 2.45) is 0 Å². The van der Waals surface area contributed by atoms with Crippen LogP contribution in [0.3, 0.4) is 0 Å². The van der Waals surface area contributed by atoms with Crippen LogP contribution in [0.1, 0.15) is 5.56 Å². The summed E-state index contributed by atoms with van der Waals surface area (Å²) < 4.78 is 0. The van der Waals surface area contributed by atoms with Crippen molar-refractivity contribution in [3.8, 4) is 0 Å². The lowest BCUT2D eigenvalue weighted by Crippen LogP contribution is -2.07. The van der Waals surface area contributed by atoms with Gasteiger partial charge in [0.15, 0.2) is 0 Å². The number of nitrogens with one attached hydrogen (secondary N) is 1. The molecule has 0 saturated heterocycles. The van der Waals surface area contributed by atoms with E-state index in [2.05, 4.69) is 22.1 Å². The molecule has 0 atom stereocenters. The van der Waals surface area contributed by atoms with Crippen LogP contribution in [0.2, 0.25) is 0 Å². The zero-order valence-electron chi connectivity index (χ0n) is 8.01. The van der Waals surface area contributed by atoms with Crippen molar-refractivity contribution in [3.63, 3.8) is 0 Å². The molecule has 1 heterocycles. The van der Waals surface area contributed by atoms with Crippen LogP contribution in [0.5, 0.6) is 0 Å². The van der Waals surface area contributed by atoms with Crippen LogP contribution in [0.25, 0.3) is 0 Å². The van der Waals surface area contributed by atoms with E-state index in [9.17, 15) is 4.79 Å². The molecule has 0 unspecified atom stereocenters. The summed E-state index contributed by atoms with van der Waals surface area (Å²) in [5, 5.41) is 0. The number of nitrogens with zero attached hydrogens (tertiary/aromatic N) is 1. The maximum Gasteiger partial charge on any atom is 0.344 e. The Hall–Kier alpha value is -1.55. The van der Waals surface area contributed by atoms with Crippen LogP contribution < -0.4 is 5.69 Å². The quantitative estimate of drug-likeness (QED) is 0.802. The van der Waals surface area contributed by atoms with Crippen molar-refractivity contribution >= 4 is 11.8 Å². The Balaban J connectivity index is 1.99. The monoisotopic (exact) mass is 218 g/mol. The van der Waals surface area contributed by atoms with Gasteiger partial charge in [0.25, 0.3) is 0 Å². The molecule has 1 aromatic heterocycles. The highest BCUT2D eigenvalue weighted by molar-refractivity contribution is 7.98. The molecule has 0 aliphatic carbocycles. The minimum atomic E-state index is -0.306. The van der Waals surface area contributed by atoms with Gasteiger partial charge in [-0.3, -0.25) is 0 Å². The molecule has 4 heteroatoms. The molecule has 0 amide bonds. The topological polar surface area (TPSA) is 45.8 Å². The van der Waals surface area contributed by atoms with E-state index in [0.717, 1.165) is 10.6 Å². The predicted molar refractivity (Wildman–Crippen MR) is 60.9 cm³/mol. The third kappa shape index (κ3) is 2.95. The summed E-state index contributed by atoms with van der Waals surface area (Å²) in [7, 11) is 0. The summed E-state index contributed by atoms with van der Waals surface area (Å²) in [4.78, 5) is 17.9. The summed E-state index contributed by atoms with van der Waals surface area (Å²) in [6, 6.07) is 10.2. The van der Waals surface area contributed by atoms with Crippen molar-refractivity contribution in [2.45, 2.75) is 10.6 Å². The van der Waals surface area contributed by atoms with Gasteiger partial charge in [0.05, 0.1) is 0 Å². The normalized spacial score (nSPS) is 10.1. The van der Waals surface area contributed by atoms with E-state index in [1.807, 2.05) is 18.2 Å². The van der Waals surface area contributed by atoms with Gasteiger partial charge in [-0.05, 0) is 5.56 Å². The van der Waals surface area contributed by atoms with Crippen LogP contribution in [-0.4, -0.2) is 9.97 Å². The molecule has 3 nitrogen and oxygen atoms in total. The summed E-state index contributed by atoms with van der Waals surface area (Å²) in [5.74, 6) is 0.883. The molecule has 0 saturated carbocycles. The highest BCUT2D eigenvalue weighted by Gasteiger charge is 1.95. The Labute approximate surface area is 91.6 Å². The number of H-pyrrole nitrogens is 1. The van der Waals surface area contributed by atoms with Crippen molar-refractivity contribution in [1.82, 2.24) is 9.97 Å². The Bertz CT molecular complexity index is 461. The Morgan fingerprint density at radius 1 is 1.27 bits per heavy atom. The van der Waals surface area contributed by atoms with Crippen LogP contribution >= 0.6 is 11.8 Å². The SMILES string of the molecule is O=c1ncc(SCc2ccccc2)c[nH]1. The molecule has 1 aromatic carbocycles. The van der Waals surface area contributed by atoms with Gasteiger partial charge >= 0.3 is 5.69 Å². The van der Waals surface area contributed by atoms with E-state index in [-0.39, 0.29) is 5.69 Å². The summed E-state index contributed by atoms with van der Waals surface area (Å²) in [6.07, 6.45) is 3.27. The second-order valence-corrected chi connectivity index (χ2v) is 4.08. The van der Waals surface area contributed by atoms with Gasteiger partial charge < -0.3 is 4.98 Å². The van der Waals surface area contributed by atoms with E-state index < -0.39 is 0 Å². The molecule has 0 spiro atoms. The Kier molecular flexibility index (Phi) is 3.19. The first-order chi connectivity index (χ1) is 7.34. The third-order valence-corrected chi connectivity index (χ3v) is 2.93. The lowest BCUT2D eigenvalue weighted by molar-refractivity contribution is 1.02. The predicted octanol–water partition coefficient (Wildman–Crippen LogP) is 2.06. The number of rotatable bonds is 3. The minimum absolute atomic E-state index is 0.306. The molecule has 0 bridgehead atoms. The first-order valence-electron chi connectivity index (χ1n) is 4.56. The number of benzene rings is 1. The smallest absolute Gasteiger partial charge is 0.312 e. The molecule has 2 aromatic rings. The van der Waals surface area contributed by atoms with Crippen LogP contribution in [-0.2, 0) is 5.75 Å². The number of aromatic nitrogens is 2. The maximum atomic E-state index is 10.7. The fourth-order valence-corrected chi connectivity index (χ4v) is 1.94. The Morgan fingerprint density at radius 3 is 2.73 bits per heavy atom. The average molecular weight is 218 g/mol. The molecule has 0 fully saturated rings. The van der Waals surface area contributed by atoms with Crippen LogP contribution in [0.15, 0.2) is 52.4 Å². The average Bonchev–Trinajstić information content (AvgIpc) is 2.30. The van der Waals surface area contributed by atoms with Gasteiger partial charge in [0.2, 0.25) is 0 Å². The lowest BCUT2D eigenvalue weighted by Gasteiger charge is -2.00. The van der Waals surface area contributed by atoms with Gasteiger partial charge in [0.1, 0.15) is 0 Å². The fraction of sp³-hybridized carbons (Fsp3) is 0.0909. The van der Waals surface area contributed by atoms with Crippen LogP contribution in [0.4, 0.5) is 0 Å². The molecule has 1 N–H and O–H groups in total. The number of hydrogen-bond acceptors (Lipinski definition) is 3. The maximum absolute atomic E-state index is 10.7. The highest BCUT2D eigenvalue weighted by Crippen LogP contribution is 2.19. The largest absolute Gasteiger partial charge is 0.344 e. The second-order valence-electron chi connectivity index (χ2n) is 3.03. The molecule has 15 heavy (non-hydrogen) atoms. The zero-order valence-corrected chi connectivity index (χ0v) is 8.83. The number of hydrogen-bond donors (Lipinski definition) is 1. The van der Waals surface area contributed by atoms with Gasteiger partial charge in [-0.2, -0.15) is 0 Å². The number of aromatic amines is 1. The number of thioether (sulfide) groups is 1. The summed E-state index contributed by atoms with van der Waals surface area (Å²) in [5.41, 5.74) is 0.952.